The molecule has 1 amide bonds. The molecule has 0 bridgehead atoms. The number of ether oxygens (including phenoxy) is 2. The summed E-state index contributed by atoms with van der Waals surface area (Å²) in [6, 6.07) is 7.54. The number of rotatable bonds is 4. The quantitative estimate of drug-likeness (QED) is 0.454. The van der Waals surface area contributed by atoms with E-state index in [-0.39, 0.29) is 29.9 Å². The van der Waals surface area contributed by atoms with Crippen molar-refractivity contribution in [3.8, 4) is 5.75 Å². The lowest BCUT2D eigenvalue weighted by atomic mass is 9.73. The monoisotopic (exact) mass is 475 g/mol. The number of carbonyl (C=O) groups excluding carboxylic acids is 1. The Balaban J connectivity index is 1.37. The van der Waals surface area contributed by atoms with Crippen LogP contribution in [0.25, 0.3) is 10.8 Å². The van der Waals surface area contributed by atoms with Crippen molar-refractivity contribution in [1.29, 1.82) is 0 Å². The van der Waals surface area contributed by atoms with Crippen LogP contribution in [0.4, 0.5) is 23.7 Å². The van der Waals surface area contributed by atoms with E-state index in [1.54, 1.807) is 18.2 Å². The molecule has 0 aromatic heterocycles. The molecule has 1 saturated heterocycles. The first-order chi connectivity index (χ1) is 16.3. The van der Waals surface area contributed by atoms with Gasteiger partial charge in [0.25, 0.3) is 0 Å². The number of nitrogens with zero attached hydrogens (tertiary/aromatic N) is 1. The zero-order chi connectivity index (χ0) is 23.9. The summed E-state index contributed by atoms with van der Waals surface area (Å²) >= 11 is 0. The van der Waals surface area contributed by atoms with Gasteiger partial charge in [-0.3, -0.25) is 4.90 Å². The molecule has 4 nitrogen and oxygen atoms in total. The molecule has 34 heavy (non-hydrogen) atoms. The highest BCUT2D eigenvalue weighted by Gasteiger charge is 2.38. The first kappa shape index (κ1) is 23.3. The normalized spacial score (nSPS) is 26.6. The van der Waals surface area contributed by atoms with Crippen LogP contribution >= 0.6 is 0 Å². The average molecular weight is 476 g/mol. The predicted molar refractivity (Wildman–Crippen MR) is 125 cm³/mol. The zero-order valence-electron chi connectivity index (χ0n) is 19.6. The Hall–Kier alpha value is -2.44. The van der Waals surface area contributed by atoms with Crippen molar-refractivity contribution in [2.24, 2.45) is 11.8 Å². The molecule has 5 rings (SSSR count). The predicted octanol–water partition coefficient (Wildman–Crippen LogP) is 7.72. The summed E-state index contributed by atoms with van der Waals surface area (Å²) in [5.41, 5.74) is -0.201. The number of anilines is 1. The molecular formula is C27H32F3NO3. The minimum atomic E-state index is -4.55. The fourth-order valence-electron chi connectivity index (χ4n) is 6.18. The summed E-state index contributed by atoms with van der Waals surface area (Å²) in [5.74, 6) is 1.38. The molecule has 7 heteroatoms. The van der Waals surface area contributed by atoms with E-state index in [2.05, 4.69) is 0 Å². The fraction of sp³-hybridized carbons (Fsp3) is 0.593. The summed E-state index contributed by atoms with van der Waals surface area (Å²) in [6.45, 7) is 2.11. The third-order valence-electron chi connectivity index (χ3n) is 7.94. The number of hydrogen-bond acceptors (Lipinski definition) is 3. The third-order valence-corrected chi connectivity index (χ3v) is 7.94. The van der Waals surface area contributed by atoms with Crippen LogP contribution in [0.3, 0.4) is 0 Å². The number of carbonyl (C=O) groups is 1. The maximum Gasteiger partial charge on any atom is 0.420 e. The average Bonchev–Trinajstić information content (AvgIpc) is 3.16. The second-order valence-electron chi connectivity index (χ2n) is 10.2. The van der Waals surface area contributed by atoms with Crippen molar-refractivity contribution < 1.29 is 27.4 Å². The molecule has 0 unspecified atom stereocenters. The molecule has 2 aromatic rings. The first-order valence-electron chi connectivity index (χ1n) is 12.6. The maximum absolute atomic E-state index is 14.2. The molecule has 0 N–H and O–H groups in total. The smallest absolute Gasteiger partial charge is 0.420 e. The molecule has 1 atom stereocenters. The van der Waals surface area contributed by atoms with Crippen LogP contribution in [0.1, 0.15) is 70.3 Å². The summed E-state index contributed by atoms with van der Waals surface area (Å²) in [7, 11) is 0. The van der Waals surface area contributed by atoms with Crippen LogP contribution < -0.4 is 9.64 Å². The highest BCUT2D eigenvalue weighted by atomic mass is 19.4. The Bertz CT molecular complexity index is 1040. The molecule has 2 aromatic carbocycles. The molecule has 0 radical (unpaired) electrons. The van der Waals surface area contributed by atoms with E-state index in [1.807, 2.05) is 6.92 Å². The van der Waals surface area contributed by atoms with Gasteiger partial charge in [-0.2, -0.15) is 13.2 Å². The van der Waals surface area contributed by atoms with Crippen molar-refractivity contribution in [2.75, 3.05) is 11.5 Å². The lowest BCUT2D eigenvalue weighted by molar-refractivity contribution is -0.138. The van der Waals surface area contributed by atoms with Gasteiger partial charge in [-0.25, -0.2) is 4.79 Å². The number of benzene rings is 2. The van der Waals surface area contributed by atoms with E-state index in [1.165, 1.54) is 49.1 Å². The van der Waals surface area contributed by atoms with Gasteiger partial charge in [0.15, 0.2) is 0 Å². The van der Waals surface area contributed by atoms with E-state index in [0.29, 0.717) is 17.0 Å². The van der Waals surface area contributed by atoms with Crippen molar-refractivity contribution >= 4 is 22.6 Å². The van der Waals surface area contributed by atoms with Gasteiger partial charge in [0.1, 0.15) is 17.9 Å². The van der Waals surface area contributed by atoms with Crippen LogP contribution in [0.15, 0.2) is 30.3 Å². The van der Waals surface area contributed by atoms with Crippen molar-refractivity contribution in [3.05, 3.63) is 35.9 Å². The van der Waals surface area contributed by atoms with Gasteiger partial charge >= 0.3 is 12.3 Å². The van der Waals surface area contributed by atoms with Crippen LogP contribution in [0, 0.1) is 11.8 Å². The van der Waals surface area contributed by atoms with Crippen LogP contribution in [-0.4, -0.2) is 24.8 Å². The maximum atomic E-state index is 14.2. The van der Waals surface area contributed by atoms with Crippen molar-refractivity contribution in [1.82, 2.24) is 0 Å². The molecule has 2 aliphatic carbocycles. The topological polar surface area (TPSA) is 38.8 Å². The summed E-state index contributed by atoms with van der Waals surface area (Å²) in [4.78, 5) is 13.5. The summed E-state index contributed by atoms with van der Waals surface area (Å²) in [5, 5.41) is 0.509. The Kier molecular flexibility index (Phi) is 6.38. The molecule has 3 fully saturated rings. The van der Waals surface area contributed by atoms with Crippen molar-refractivity contribution in [2.45, 2.75) is 83.0 Å². The van der Waals surface area contributed by atoms with Crippen LogP contribution in [-0.2, 0) is 10.9 Å². The SMILES string of the molecule is C[C@@H]1COC(=O)N1c1ccc2c(C(F)(F)F)c(OC3CCC(C4CCCCC4)CC3)ccc2c1. The van der Waals surface area contributed by atoms with E-state index in [9.17, 15) is 18.0 Å². The fourth-order valence-corrected chi connectivity index (χ4v) is 6.18. The Labute approximate surface area is 198 Å². The molecule has 0 spiro atoms. The number of fused-ring (bicyclic) bond motifs is 1. The lowest BCUT2D eigenvalue weighted by Gasteiger charge is -2.36. The van der Waals surface area contributed by atoms with E-state index in [4.69, 9.17) is 9.47 Å². The van der Waals surface area contributed by atoms with Gasteiger partial charge in [-0.15, -0.1) is 0 Å². The van der Waals surface area contributed by atoms with Crippen LogP contribution in [0.5, 0.6) is 5.75 Å². The lowest BCUT2D eigenvalue weighted by Crippen LogP contribution is -2.30. The van der Waals surface area contributed by atoms with E-state index < -0.39 is 17.8 Å². The van der Waals surface area contributed by atoms with E-state index in [0.717, 1.165) is 31.6 Å². The summed E-state index contributed by atoms with van der Waals surface area (Å²) in [6.07, 6.45) is 5.05. The highest BCUT2D eigenvalue weighted by Crippen LogP contribution is 2.44. The van der Waals surface area contributed by atoms with Crippen LogP contribution in [0.2, 0.25) is 0 Å². The minimum Gasteiger partial charge on any atom is -0.490 e. The number of amides is 1. The van der Waals surface area contributed by atoms with Gasteiger partial charge in [-0.1, -0.05) is 44.2 Å². The number of halogens is 3. The Morgan fingerprint density at radius 2 is 1.65 bits per heavy atom. The van der Waals surface area contributed by atoms with Gasteiger partial charge in [0.05, 0.1) is 12.1 Å². The van der Waals surface area contributed by atoms with E-state index >= 15 is 0 Å². The third kappa shape index (κ3) is 4.58. The first-order valence-corrected chi connectivity index (χ1v) is 12.6. The molecule has 184 valence electrons. The highest BCUT2D eigenvalue weighted by molar-refractivity contribution is 5.96. The van der Waals surface area contributed by atoms with Crippen molar-refractivity contribution in [3.63, 3.8) is 0 Å². The standard InChI is InChI=1S/C27H32F3NO3/c1-17-16-33-26(32)31(17)21-10-13-23-20(15-21)9-14-24(25(23)27(28,29)30)34-22-11-7-19(8-12-22)18-5-3-2-4-6-18/h9-10,13-15,17-19,22H,2-8,11-12,16H2,1H3/t17-,19?,22?/m1/s1. The second kappa shape index (κ2) is 9.31. The number of hydrogen-bond donors (Lipinski definition) is 0. The van der Waals surface area contributed by atoms with Gasteiger partial charge in [0.2, 0.25) is 0 Å². The molecule has 1 heterocycles. The Morgan fingerprint density at radius 3 is 2.29 bits per heavy atom. The van der Waals surface area contributed by atoms with Gasteiger partial charge < -0.3 is 9.47 Å². The minimum absolute atomic E-state index is 0.0878. The largest absolute Gasteiger partial charge is 0.490 e. The molecule has 3 aliphatic rings. The molecule has 2 saturated carbocycles. The Morgan fingerprint density at radius 1 is 0.941 bits per heavy atom. The molecular weight excluding hydrogens is 443 g/mol. The van der Waals surface area contributed by atoms with Gasteiger partial charge in [-0.05, 0) is 73.4 Å². The summed E-state index contributed by atoms with van der Waals surface area (Å²) < 4.78 is 53.7. The molecule has 1 aliphatic heterocycles. The number of cyclic esters (lactones) is 1. The zero-order valence-corrected chi connectivity index (χ0v) is 19.6. The second-order valence-corrected chi connectivity index (χ2v) is 10.2. The number of alkyl halides is 3. The van der Waals surface area contributed by atoms with Gasteiger partial charge in [0, 0.05) is 5.69 Å².